The van der Waals surface area contributed by atoms with E-state index < -0.39 is 0 Å². The third kappa shape index (κ3) is 3.12. The van der Waals surface area contributed by atoms with Crippen LogP contribution in [0, 0.1) is 12.8 Å². The van der Waals surface area contributed by atoms with Crippen molar-refractivity contribution in [3.63, 3.8) is 0 Å². The van der Waals surface area contributed by atoms with Crippen LogP contribution in [0.15, 0.2) is 24.3 Å². The number of piperidine rings is 1. The quantitative estimate of drug-likeness (QED) is 0.888. The van der Waals surface area contributed by atoms with Crippen molar-refractivity contribution in [2.24, 2.45) is 11.7 Å². The van der Waals surface area contributed by atoms with Crippen LogP contribution in [-0.2, 0) is 0 Å². The van der Waals surface area contributed by atoms with Gasteiger partial charge in [0.05, 0.1) is 0 Å². The monoisotopic (exact) mass is 246 g/mol. The molecule has 0 amide bonds. The van der Waals surface area contributed by atoms with Crippen molar-refractivity contribution in [3.8, 4) is 0 Å². The number of nitrogens with two attached hydrogens (primary N) is 1. The maximum atomic E-state index is 6.07. The molecule has 1 heterocycles. The SMILES string of the molecule is Cc1cccc(C(C)N2CCCC(C(C)N)C2)c1. The molecular formula is C16H26N2. The van der Waals surface area contributed by atoms with Crippen LogP contribution in [-0.4, -0.2) is 24.0 Å². The minimum absolute atomic E-state index is 0.317. The summed E-state index contributed by atoms with van der Waals surface area (Å²) in [6, 6.07) is 9.70. The van der Waals surface area contributed by atoms with Crippen LogP contribution in [0.4, 0.5) is 0 Å². The molecule has 1 aromatic carbocycles. The lowest BCUT2D eigenvalue weighted by molar-refractivity contribution is 0.121. The maximum Gasteiger partial charge on any atom is 0.0320 e. The van der Waals surface area contributed by atoms with Gasteiger partial charge in [-0.15, -0.1) is 0 Å². The minimum atomic E-state index is 0.317. The van der Waals surface area contributed by atoms with Crippen LogP contribution in [0.2, 0.25) is 0 Å². The van der Waals surface area contributed by atoms with Gasteiger partial charge in [-0.3, -0.25) is 4.90 Å². The van der Waals surface area contributed by atoms with Crippen molar-refractivity contribution in [3.05, 3.63) is 35.4 Å². The maximum absolute atomic E-state index is 6.07. The normalized spacial score (nSPS) is 24.8. The molecule has 100 valence electrons. The first-order valence-electron chi connectivity index (χ1n) is 7.14. The molecule has 3 unspecified atom stereocenters. The molecule has 0 aromatic heterocycles. The third-order valence-corrected chi connectivity index (χ3v) is 4.31. The first kappa shape index (κ1) is 13.6. The topological polar surface area (TPSA) is 29.3 Å². The summed E-state index contributed by atoms with van der Waals surface area (Å²) >= 11 is 0. The Bertz CT molecular complexity index is 386. The van der Waals surface area contributed by atoms with E-state index in [0.717, 1.165) is 6.54 Å². The van der Waals surface area contributed by atoms with Gasteiger partial charge in [0.25, 0.3) is 0 Å². The zero-order valence-electron chi connectivity index (χ0n) is 11.9. The van der Waals surface area contributed by atoms with E-state index in [2.05, 4.69) is 49.9 Å². The van der Waals surface area contributed by atoms with Gasteiger partial charge in [-0.05, 0) is 51.6 Å². The van der Waals surface area contributed by atoms with E-state index in [1.165, 1.54) is 30.5 Å². The van der Waals surface area contributed by atoms with Crippen LogP contribution in [0.25, 0.3) is 0 Å². The average Bonchev–Trinajstić information content (AvgIpc) is 2.38. The molecule has 2 nitrogen and oxygen atoms in total. The van der Waals surface area contributed by atoms with Gasteiger partial charge in [0.15, 0.2) is 0 Å². The Morgan fingerprint density at radius 1 is 1.33 bits per heavy atom. The smallest absolute Gasteiger partial charge is 0.0320 e. The van der Waals surface area contributed by atoms with Crippen molar-refractivity contribution >= 4 is 0 Å². The Balaban J connectivity index is 2.06. The van der Waals surface area contributed by atoms with Crippen molar-refractivity contribution in [2.75, 3.05) is 13.1 Å². The Kier molecular flexibility index (Phi) is 4.41. The van der Waals surface area contributed by atoms with Crippen LogP contribution >= 0.6 is 0 Å². The Morgan fingerprint density at radius 3 is 2.78 bits per heavy atom. The molecule has 0 spiro atoms. The number of rotatable bonds is 3. The number of aryl methyl sites for hydroxylation is 1. The predicted molar refractivity (Wildman–Crippen MR) is 77.5 cm³/mol. The van der Waals surface area contributed by atoms with Gasteiger partial charge >= 0.3 is 0 Å². The predicted octanol–water partition coefficient (Wildman–Crippen LogP) is 3.12. The summed E-state index contributed by atoms with van der Waals surface area (Å²) in [6.07, 6.45) is 2.57. The molecule has 1 aliphatic heterocycles. The van der Waals surface area contributed by atoms with Gasteiger partial charge in [0.2, 0.25) is 0 Å². The summed E-state index contributed by atoms with van der Waals surface area (Å²) < 4.78 is 0. The summed E-state index contributed by atoms with van der Waals surface area (Å²) in [4.78, 5) is 2.59. The Hall–Kier alpha value is -0.860. The molecule has 2 rings (SSSR count). The molecule has 0 aliphatic carbocycles. The summed E-state index contributed by atoms with van der Waals surface area (Å²) in [6.45, 7) is 8.98. The second-order valence-electron chi connectivity index (χ2n) is 5.85. The van der Waals surface area contributed by atoms with E-state index in [4.69, 9.17) is 5.73 Å². The standard InChI is InChI=1S/C16H26N2/c1-12-6-4-7-15(10-12)14(3)18-9-5-8-16(11-18)13(2)17/h4,6-7,10,13-14,16H,5,8-9,11,17H2,1-3H3. The Morgan fingerprint density at radius 2 is 2.11 bits per heavy atom. The number of likely N-dealkylation sites (tertiary alicyclic amines) is 1. The number of benzene rings is 1. The minimum Gasteiger partial charge on any atom is -0.328 e. The van der Waals surface area contributed by atoms with Crippen molar-refractivity contribution in [1.82, 2.24) is 4.90 Å². The van der Waals surface area contributed by atoms with E-state index in [0.29, 0.717) is 18.0 Å². The number of hydrogen-bond donors (Lipinski definition) is 1. The Labute approximate surface area is 111 Å². The molecule has 1 fully saturated rings. The second kappa shape index (κ2) is 5.85. The average molecular weight is 246 g/mol. The highest BCUT2D eigenvalue weighted by molar-refractivity contribution is 5.24. The molecule has 0 radical (unpaired) electrons. The van der Waals surface area contributed by atoms with Gasteiger partial charge in [-0.2, -0.15) is 0 Å². The third-order valence-electron chi connectivity index (χ3n) is 4.31. The lowest BCUT2D eigenvalue weighted by atomic mass is 9.90. The van der Waals surface area contributed by atoms with Crippen LogP contribution < -0.4 is 5.73 Å². The van der Waals surface area contributed by atoms with E-state index in [9.17, 15) is 0 Å². The van der Waals surface area contributed by atoms with Gasteiger partial charge in [0.1, 0.15) is 0 Å². The highest BCUT2D eigenvalue weighted by atomic mass is 15.2. The second-order valence-corrected chi connectivity index (χ2v) is 5.85. The van der Waals surface area contributed by atoms with Crippen LogP contribution in [0.5, 0.6) is 0 Å². The highest BCUT2D eigenvalue weighted by Gasteiger charge is 2.26. The van der Waals surface area contributed by atoms with Crippen molar-refractivity contribution < 1.29 is 0 Å². The lowest BCUT2D eigenvalue weighted by Gasteiger charge is -2.38. The molecule has 2 heteroatoms. The molecule has 3 atom stereocenters. The molecule has 0 bridgehead atoms. The fourth-order valence-electron chi connectivity index (χ4n) is 2.96. The summed E-state index contributed by atoms with van der Waals surface area (Å²) in [5.41, 5.74) is 8.84. The van der Waals surface area contributed by atoms with Gasteiger partial charge in [0, 0.05) is 18.6 Å². The summed E-state index contributed by atoms with van der Waals surface area (Å²) in [5, 5.41) is 0. The fourth-order valence-corrected chi connectivity index (χ4v) is 2.96. The first-order valence-corrected chi connectivity index (χ1v) is 7.14. The number of hydrogen-bond acceptors (Lipinski definition) is 2. The zero-order chi connectivity index (χ0) is 13.1. The number of nitrogens with zero attached hydrogens (tertiary/aromatic N) is 1. The lowest BCUT2D eigenvalue weighted by Crippen LogP contribution is -2.43. The van der Waals surface area contributed by atoms with E-state index >= 15 is 0 Å². The fraction of sp³-hybridized carbons (Fsp3) is 0.625. The van der Waals surface area contributed by atoms with Crippen LogP contribution in [0.3, 0.4) is 0 Å². The van der Waals surface area contributed by atoms with E-state index in [1.807, 2.05) is 0 Å². The van der Waals surface area contributed by atoms with Gasteiger partial charge in [-0.1, -0.05) is 29.8 Å². The molecule has 0 saturated carbocycles. The largest absolute Gasteiger partial charge is 0.328 e. The summed E-state index contributed by atoms with van der Waals surface area (Å²) in [7, 11) is 0. The van der Waals surface area contributed by atoms with Crippen molar-refractivity contribution in [1.29, 1.82) is 0 Å². The molecule has 1 aromatic rings. The molecule has 1 saturated heterocycles. The van der Waals surface area contributed by atoms with Crippen molar-refractivity contribution in [2.45, 2.75) is 45.7 Å². The molecular weight excluding hydrogens is 220 g/mol. The van der Waals surface area contributed by atoms with Gasteiger partial charge in [-0.25, -0.2) is 0 Å². The van der Waals surface area contributed by atoms with E-state index in [1.54, 1.807) is 0 Å². The van der Waals surface area contributed by atoms with Gasteiger partial charge < -0.3 is 5.73 Å². The molecule has 2 N–H and O–H groups in total. The summed E-state index contributed by atoms with van der Waals surface area (Å²) in [5.74, 6) is 0.658. The zero-order valence-corrected chi connectivity index (χ0v) is 11.9. The highest BCUT2D eigenvalue weighted by Crippen LogP contribution is 2.27. The first-order chi connectivity index (χ1) is 8.58. The molecule has 18 heavy (non-hydrogen) atoms. The van der Waals surface area contributed by atoms with Crippen LogP contribution in [0.1, 0.15) is 43.9 Å². The molecule has 1 aliphatic rings. The van der Waals surface area contributed by atoms with E-state index in [-0.39, 0.29) is 0 Å².